The lowest BCUT2D eigenvalue weighted by molar-refractivity contribution is -0.0850. The smallest absolute Gasteiger partial charge is 0.122 e. The second-order valence-corrected chi connectivity index (χ2v) is 4.69. The summed E-state index contributed by atoms with van der Waals surface area (Å²) in [7, 11) is 1.64. The third-order valence-electron chi connectivity index (χ3n) is 2.79. The Balaban J connectivity index is 2.44. The minimum atomic E-state index is -0.283. The average molecular weight is 273 g/mol. The molecule has 4 heteroatoms. The van der Waals surface area contributed by atoms with Crippen LogP contribution in [0.25, 0.3) is 0 Å². The van der Waals surface area contributed by atoms with Gasteiger partial charge in [0.2, 0.25) is 0 Å². The van der Waals surface area contributed by atoms with E-state index in [1.54, 1.807) is 7.11 Å². The molecule has 0 aliphatic carbocycles. The van der Waals surface area contributed by atoms with Crippen molar-refractivity contribution in [1.29, 1.82) is 0 Å². The molecule has 1 heterocycles. The highest BCUT2D eigenvalue weighted by Crippen LogP contribution is 2.38. The van der Waals surface area contributed by atoms with Crippen LogP contribution >= 0.6 is 15.9 Å². The fraction of sp³-hybridized carbons (Fsp3) is 0.455. The van der Waals surface area contributed by atoms with Gasteiger partial charge in [0.15, 0.2) is 0 Å². The van der Waals surface area contributed by atoms with E-state index in [1.807, 2.05) is 18.2 Å². The van der Waals surface area contributed by atoms with Crippen LogP contribution < -0.4 is 4.74 Å². The summed E-state index contributed by atoms with van der Waals surface area (Å²) < 4.78 is 11.5. The topological polar surface area (TPSA) is 38.7 Å². The fourth-order valence-corrected chi connectivity index (χ4v) is 2.14. The SMILES string of the molecule is COc1ccc(Br)cc1C1(CO)COC1. The molecule has 0 unspecified atom stereocenters. The first-order valence-corrected chi connectivity index (χ1v) is 5.54. The Morgan fingerprint density at radius 1 is 1.53 bits per heavy atom. The van der Waals surface area contributed by atoms with Crippen LogP contribution in [0.2, 0.25) is 0 Å². The Labute approximate surface area is 97.1 Å². The zero-order chi connectivity index (χ0) is 10.9. The zero-order valence-electron chi connectivity index (χ0n) is 8.50. The van der Waals surface area contributed by atoms with Crippen molar-refractivity contribution in [2.24, 2.45) is 0 Å². The van der Waals surface area contributed by atoms with Crippen molar-refractivity contribution in [3.05, 3.63) is 28.2 Å². The van der Waals surface area contributed by atoms with E-state index in [0.29, 0.717) is 13.2 Å². The summed E-state index contributed by atoms with van der Waals surface area (Å²) in [6.45, 7) is 1.19. The van der Waals surface area contributed by atoms with Crippen molar-refractivity contribution < 1.29 is 14.6 Å². The van der Waals surface area contributed by atoms with Gasteiger partial charge in [-0.3, -0.25) is 0 Å². The lowest BCUT2D eigenvalue weighted by Crippen LogP contribution is -2.49. The first-order chi connectivity index (χ1) is 7.22. The quantitative estimate of drug-likeness (QED) is 0.911. The minimum absolute atomic E-state index is 0.0831. The van der Waals surface area contributed by atoms with Gasteiger partial charge in [0.05, 0.1) is 32.3 Å². The van der Waals surface area contributed by atoms with Crippen LogP contribution in [0, 0.1) is 0 Å². The van der Waals surface area contributed by atoms with Crippen LogP contribution in [0.5, 0.6) is 5.75 Å². The third kappa shape index (κ3) is 1.77. The summed E-state index contributed by atoms with van der Waals surface area (Å²) >= 11 is 3.42. The van der Waals surface area contributed by atoms with Gasteiger partial charge in [0.25, 0.3) is 0 Å². The van der Waals surface area contributed by atoms with E-state index in [4.69, 9.17) is 9.47 Å². The van der Waals surface area contributed by atoms with E-state index in [1.165, 1.54) is 0 Å². The van der Waals surface area contributed by atoms with Crippen LogP contribution in [0.15, 0.2) is 22.7 Å². The van der Waals surface area contributed by atoms with Gasteiger partial charge in [0.1, 0.15) is 5.75 Å². The Morgan fingerprint density at radius 3 is 2.73 bits per heavy atom. The summed E-state index contributed by atoms with van der Waals surface area (Å²) in [5.41, 5.74) is 0.725. The number of rotatable bonds is 3. The molecule has 0 atom stereocenters. The number of benzene rings is 1. The summed E-state index contributed by atoms with van der Waals surface area (Å²) in [5.74, 6) is 0.801. The molecule has 1 aromatic carbocycles. The summed E-state index contributed by atoms with van der Waals surface area (Å²) in [5, 5.41) is 9.45. The summed E-state index contributed by atoms with van der Waals surface area (Å²) in [6, 6.07) is 5.81. The maximum absolute atomic E-state index is 9.45. The number of methoxy groups -OCH3 is 1. The molecule has 2 rings (SSSR count). The number of aliphatic hydroxyl groups excluding tert-OH is 1. The normalized spacial score (nSPS) is 18.3. The first-order valence-electron chi connectivity index (χ1n) is 4.74. The van der Waals surface area contributed by atoms with Crippen LogP contribution in [0.1, 0.15) is 5.56 Å². The van der Waals surface area contributed by atoms with E-state index in [-0.39, 0.29) is 12.0 Å². The number of hydrogen-bond acceptors (Lipinski definition) is 3. The molecule has 0 amide bonds. The molecular formula is C11H13BrO3. The van der Waals surface area contributed by atoms with Crippen LogP contribution in [0.4, 0.5) is 0 Å². The van der Waals surface area contributed by atoms with Gasteiger partial charge in [-0.15, -0.1) is 0 Å². The van der Waals surface area contributed by atoms with Crippen molar-refractivity contribution in [2.45, 2.75) is 5.41 Å². The van der Waals surface area contributed by atoms with Gasteiger partial charge >= 0.3 is 0 Å². The number of ether oxygens (including phenoxy) is 2. The number of aliphatic hydroxyl groups is 1. The molecule has 82 valence electrons. The second-order valence-electron chi connectivity index (χ2n) is 3.78. The molecule has 15 heavy (non-hydrogen) atoms. The summed E-state index contributed by atoms with van der Waals surface area (Å²) in [6.07, 6.45) is 0. The molecule has 0 saturated carbocycles. The molecule has 1 aliphatic heterocycles. The second kappa shape index (κ2) is 4.12. The van der Waals surface area contributed by atoms with Gasteiger partial charge in [-0.05, 0) is 18.2 Å². The van der Waals surface area contributed by atoms with Gasteiger partial charge in [-0.1, -0.05) is 15.9 Å². The lowest BCUT2D eigenvalue weighted by atomic mass is 9.79. The molecular weight excluding hydrogens is 260 g/mol. The van der Waals surface area contributed by atoms with E-state index in [9.17, 15) is 5.11 Å². The first kappa shape index (κ1) is 10.9. The predicted molar refractivity (Wildman–Crippen MR) is 60.3 cm³/mol. The molecule has 0 spiro atoms. The van der Waals surface area contributed by atoms with E-state index in [2.05, 4.69) is 15.9 Å². The van der Waals surface area contributed by atoms with E-state index >= 15 is 0 Å². The number of halogens is 1. The minimum Gasteiger partial charge on any atom is -0.496 e. The van der Waals surface area contributed by atoms with Crippen LogP contribution in [0.3, 0.4) is 0 Å². The standard InChI is InChI=1S/C11H13BrO3/c1-14-10-3-2-8(12)4-9(10)11(5-13)6-15-7-11/h2-4,13H,5-7H2,1H3. The Bertz CT molecular complexity index is 355. The van der Waals surface area contributed by atoms with Gasteiger partial charge in [0, 0.05) is 10.0 Å². The molecule has 1 saturated heterocycles. The van der Waals surface area contributed by atoms with Crippen molar-refractivity contribution in [1.82, 2.24) is 0 Å². The molecule has 1 N–H and O–H groups in total. The zero-order valence-corrected chi connectivity index (χ0v) is 10.1. The van der Waals surface area contributed by atoms with Gasteiger partial charge in [-0.25, -0.2) is 0 Å². The molecule has 1 aliphatic rings. The number of hydrogen-bond donors (Lipinski definition) is 1. The molecule has 1 fully saturated rings. The third-order valence-corrected chi connectivity index (χ3v) is 3.29. The van der Waals surface area contributed by atoms with Crippen molar-refractivity contribution in [2.75, 3.05) is 26.9 Å². The Hall–Kier alpha value is -0.580. The molecule has 1 aromatic rings. The van der Waals surface area contributed by atoms with Crippen LogP contribution in [-0.2, 0) is 10.2 Å². The van der Waals surface area contributed by atoms with E-state index in [0.717, 1.165) is 15.8 Å². The van der Waals surface area contributed by atoms with Crippen LogP contribution in [-0.4, -0.2) is 32.0 Å². The highest BCUT2D eigenvalue weighted by molar-refractivity contribution is 9.10. The molecule has 0 aromatic heterocycles. The van der Waals surface area contributed by atoms with Gasteiger partial charge in [-0.2, -0.15) is 0 Å². The van der Waals surface area contributed by atoms with Crippen molar-refractivity contribution in [3.8, 4) is 5.75 Å². The Kier molecular flexibility index (Phi) is 3.00. The predicted octanol–water partition coefficient (Wildman–Crippen LogP) is 1.72. The maximum Gasteiger partial charge on any atom is 0.122 e. The van der Waals surface area contributed by atoms with Crippen molar-refractivity contribution >= 4 is 15.9 Å². The Morgan fingerprint density at radius 2 is 2.27 bits per heavy atom. The highest BCUT2D eigenvalue weighted by Gasteiger charge is 2.42. The maximum atomic E-state index is 9.45. The monoisotopic (exact) mass is 272 g/mol. The largest absolute Gasteiger partial charge is 0.496 e. The summed E-state index contributed by atoms with van der Waals surface area (Å²) in [4.78, 5) is 0. The van der Waals surface area contributed by atoms with Crippen molar-refractivity contribution in [3.63, 3.8) is 0 Å². The van der Waals surface area contributed by atoms with E-state index < -0.39 is 0 Å². The van der Waals surface area contributed by atoms with Gasteiger partial charge < -0.3 is 14.6 Å². The average Bonchev–Trinajstić information content (AvgIpc) is 2.17. The molecule has 3 nitrogen and oxygen atoms in total. The highest BCUT2D eigenvalue weighted by atomic mass is 79.9. The molecule has 0 bridgehead atoms. The fourth-order valence-electron chi connectivity index (χ4n) is 1.78. The molecule has 0 radical (unpaired) electrons. The lowest BCUT2D eigenvalue weighted by Gasteiger charge is -2.41.